The van der Waals surface area contributed by atoms with E-state index >= 15 is 0 Å². The molecule has 0 aliphatic heterocycles. The van der Waals surface area contributed by atoms with Crippen molar-refractivity contribution in [1.82, 2.24) is 15.5 Å². The van der Waals surface area contributed by atoms with Gasteiger partial charge in [-0.2, -0.15) is 5.10 Å². The first kappa shape index (κ1) is 12.2. The Bertz CT molecular complexity index is 564. The van der Waals surface area contributed by atoms with Gasteiger partial charge in [-0.05, 0) is 49.4 Å². The average Bonchev–Trinajstić information content (AvgIpc) is 2.88. The monoisotopic (exact) mass is 257 g/mol. The van der Waals surface area contributed by atoms with Crippen LogP contribution in [0.2, 0.25) is 0 Å². The molecule has 2 aromatic rings. The molecule has 19 heavy (non-hydrogen) atoms. The number of aromatic hydroxyl groups is 1. The Labute approximate surface area is 112 Å². The molecule has 2 unspecified atom stereocenters. The van der Waals surface area contributed by atoms with E-state index in [-0.39, 0.29) is 6.04 Å². The number of nitrogens with zero attached hydrogens (tertiary/aromatic N) is 1. The number of fused-ring (bicyclic) bond motifs is 1. The third-order valence-electron chi connectivity index (χ3n) is 3.86. The van der Waals surface area contributed by atoms with Crippen molar-refractivity contribution in [2.24, 2.45) is 0 Å². The molecule has 1 aromatic carbocycles. The minimum absolute atomic E-state index is 0.200. The molecule has 100 valence electrons. The molecule has 2 atom stereocenters. The van der Waals surface area contributed by atoms with Crippen molar-refractivity contribution in [1.29, 1.82) is 0 Å². The van der Waals surface area contributed by atoms with Gasteiger partial charge in [0.1, 0.15) is 5.75 Å². The Kier molecular flexibility index (Phi) is 3.25. The van der Waals surface area contributed by atoms with Gasteiger partial charge >= 0.3 is 0 Å². The third-order valence-corrected chi connectivity index (χ3v) is 3.86. The largest absolute Gasteiger partial charge is 0.508 e. The molecule has 4 heteroatoms. The highest BCUT2D eigenvalue weighted by molar-refractivity contribution is 5.30. The molecule has 0 saturated carbocycles. The maximum atomic E-state index is 9.55. The zero-order valence-corrected chi connectivity index (χ0v) is 11.1. The number of aromatic amines is 1. The SMILES string of the molecule is CC(NC1CCCc2cn[nH]c21)c1cccc(O)c1. The normalized spacial score (nSPS) is 19.9. The van der Waals surface area contributed by atoms with Gasteiger partial charge in [0.05, 0.1) is 11.9 Å². The van der Waals surface area contributed by atoms with Crippen molar-refractivity contribution in [3.8, 4) is 5.75 Å². The lowest BCUT2D eigenvalue weighted by atomic mass is 9.92. The molecule has 1 aromatic heterocycles. The molecule has 0 bridgehead atoms. The predicted molar refractivity (Wildman–Crippen MR) is 73.9 cm³/mol. The first-order valence-corrected chi connectivity index (χ1v) is 6.81. The van der Waals surface area contributed by atoms with Crippen LogP contribution in [0, 0.1) is 0 Å². The number of hydrogen-bond acceptors (Lipinski definition) is 3. The summed E-state index contributed by atoms with van der Waals surface area (Å²) in [5, 5.41) is 20.4. The highest BCUT2D eigenvalue weighted by atomic mass is 16.3. The Morgan fingerprint density at radius 2 is 2.37 bits per heavy atom. The summed E-state index contributed by atoms with van der Waals surface area (Å²) in [4.78, 5) is 0. The summed E-state index contributed by atoms with van der Waals surface area (Å²) in [7, 11) is 0. The van der Waals surface area contributed by atoms with Gasteiger partial charge in [0.15, 0.2) is 0 Å². The Balaban J connectivity index is 1.76. The van der Waals surface area contributed by atoms with E-state index < -0.39 is 0 Å². The van der Waals surface area contributed by atoms with Gasteiger partial charge < -0.3 is 10.4 Å². The number of aryl methyl sites for hydroxylation is 1. The zero-order chi connectivity index (χ0) is 13.2. The molecule has 0 fully saturated rings. The average molecular weight is 257 g/mol. The summed E-state index contributed by atoms with van der Waals surface area (Å²) in [6.45, 7) is 2.12. The highest BCUT2D eigenvalue weighted by Crippen LogP contribution is 2.30. The standard InChI is InChI=1S/C15H19N3O/c1-10(11-4-2-6-13(19)8-11)17-14-7-3-5-12-9-16-18-15(12)14/h2,4,6,8-10,14,17,19H,3,5,7H2,1H3,(H,16,18). The lowest BCUT2D eigenvalue weighted by Gasteiger charge is -2.26. The van der Waals surface area contributed by atoms with E-state index in [1.807, 2.05) is 24.4 Å². The van der Waals surface area contributed by atoms with E-state index in [0.29, 0.717) is 11.8 Å². The molecule has 0 saturated heterocycles. The fraction of sp³-hybridized carbons (Fsp3) is 0.400. The molecule has 1 aliphatic rings. The van der Waals surface area contributed by atoms with E-state index in [9.17, 15) is 5.11 Å². The van der Waals surface area contributed by atoms with E-state index in [2.05, 4.69) is 22.4 Å². The topological polar surface area (TPSA) is 60.9 Å². The van der Waals surface area contributed by atoms with E-state index in [0.717, 1.165) is 18.4 Å². The predicted octanol–water partition coefficient (Wildman–Crippen LogP) is 2.84. The number of nitrogens with one attached hydrogen (secondary N) is 2. The summed E-state index contributed by atoms with van der Waals surface area (Å²) in [6, 6.07) is 7.95. The van der Waals surface area contributed by atoms with Crippen molar-refractivity contribution < 1.29 is 5.11 Å². The summed E-state index contributed by atoms with van der Waals surface area (Å²) in [5.41, 5.74) is 3.65. The Morgan fingerprint density at radius 1 is 1.47 bits per heavy atom. The zero-order valence-electron chi connectivity index (χ0n) is 11.1. The van der Waals surface area contributed by atoms with Crippen molar-refractivity contribution in [2.45, 2.75) is 38.3 Å². The first-order chi connectivity index (χ1) is 9.24. The van der Waals surface area contributed by atoms with Crippen molar-refractivity contribution in [2.75, 3.05) is 0 Å². The van der Waals surface area contributed by atoms with Crippen LogP contribution >= 0.6 is 0 Å². The molecule has 3 N–H and O–H groups in total. The fourth-order valence-electron chi connectivity index (χ4n) is 2.82. The number of rotatable bonds is 3. The maximum Gasteiger partial charge on any atom is 0.115 e. The summed E-state index contributed by atoms with van der Waals surface area (Å²) < 4.78 is 0. The second kappa shape index (κ2) is 5.05. The summed E-state index contributed by atoms with van der Waals surface area (Å²) in [5.74, 6) is 0.317. The molecule has 1 heterocycles. The Hall–Kier alpha value is -1.81. The number of aromatic nitrogens is 2. The lowest BCUT2D eigenvalue weighted by Crippen LogP contribution is -2.27. The van der Waals surface area contributed by atoms with Crippen LogP contribution in [0.25, 0.3) is 0 Å². The summed E-state index contributed by atoms with van der Waals surface area (Å²) >= 11 is 0. The molecule has 1 aliphatic carbocycles. The van der Waals surface area contributed by atoms with Gasteiger partial charge in [0, 0.05) is 12.1 Å². The lowest BCUT2D eigenvalue weighted by molar-refractivity contribution is 0.406. The molecule has 3 rings (SSSR count). The van der Waals surface area contributed by atoms with Crippen LogP contribution in [0.4, 0.5) is 0 Å². The van der Waals surface area contributed by atoms with Crippen LogP contribution in [0.5, 0.6) is 5.75 Å². The van der Waals surface area contributed by atoms with Crippen molar-refractivity contribution >= 4 is 0 Å². The molecular formula is C15H19N3O. The second-order valence-electron chi connectivity index (χ2n) is 5.24. The van der Waals surface area contributed by atoms with E-state index in [1.165, 1.54) is 17.7 Å². The molecule has 0 radical (unpaired) electrons. The van der Waals surface area contributed by atoms with Crippen LogP contribution in [-0.4, -0.2) is 15.3 Å². The van der Waals surface area contributed by atoms with Crippen LogP contribution in [0.3, 0.4) is 0 Å². The smallest absolute Gasteiger partial charge is 0.115 e. The van der Waals surface area contributed by atoms with Gasteiger partial charge in [-0.25, -0.2) is 0 Å². The number of phenols is 1. The molecule has 0 spiro atoms. The number of benzene rings is 1. The number of H-pyrrole nitrogens is 1. The highest BCUT2D eigenvalue weighted by Gasteiger charge is 2.23. The van der Waals surface area contributed by atoms with Crippen LogP contribution in [-0.2, 0) is 6.42 Å². The van der Waals surface area contributed by atoms with Crippen LogP contribution < -0.4 is 5.32 Å². The van der Waals surface area contributed by atoms with Crippen molar-refractivity contribution in [3.05, 3.63) is 47.3 Å². The second-order valence-corrected chi connectivity index (χ2v) is 5.24. The fourth-order valence-corrected chi connectivity index (χ4v) is 2.82. The van der Waals surface area contributed by atoms with Crippen molar-refractivity contribution in [3.63, 3.8) is 0 Å². The van der Waals surface area contributed by atoms with E-state index in [4.69, 9.17) is 0 Å². The maximum absolute atomic E-state index is 9.55. The van der Waals surface area contributed by atoms with Gasteiger partial charge in [0.25, 0.3) is 0 Å². The summed E-state index contributed by atoms with van der Waals surface area (Å²) in [6.07, 6.45) is 5.36. The van der Waals surface area contributed by atoms with Gasteiger partial charge in [-0.3, -0.25) is 5.10 Å². The molecule has 0 amide bonds. The third kappa shape index (κ3) is 2.49. The van der Waals surface area contributed by atoms with Crippen LogP contribution in [0.1, 0.15) is 48.7 Å². The van der Waals surface area contributed by atoms with Gasteiger partial charge in [0.2, 0.25) is 0 Å². The van der Waals surface area contributed by atoms with Crippen LogP contribution in [0.15, 0.2) is 30.5 Å². The molecular weight excluding hydrogens is 238 g/mol. The minimum atomic E-state index is 0.200. The Morgan fingerprint density at radius 3 is 3.21 bits per heavy atom. The van der Waals surface area contributed by atoms with E-state index in [1.54, 1.807) is 6.07 Å². The van der Waals surface area contributed by atoms with Gasteiger partial charge in [-0.1, -0.05) is 12.1 Å². The molecule has 4 nitrogen and oxygen atoms in total. The quantitative estimate of drug-likeness (QED) is 0.792. The number of hydrogen-bond donors (Lipinski definition) is 3. The minimum Gasteiger partial charge on any atom is -0.508 e. The first-order valence-electron chi connectivity index (χ1n) is 6.81. The number of phenolic OH excluding ortho intramolecular Hbond substituents is 1. The van der Waals surface area contributed by atoms with Gasteiger partial charge in [-0.15, -0.1) is 0 Å².